The van der Waals surface area contributed by atoms with Crippen LogP contribution in [0.3, 0.4) is 0 Å². The highest BCUT2D eigenvalue weighted by molar-refractivity contribution is 5.26. The number of phenols is 1. The number of hydrogen-bond donors (Lipinski definition) is 1. The van der Waals surface area contributed by atoms with E-state index in [0.717, 1.165) is 6.42 Å². The molecule has 1 fully saturated rings. The van der Waals surface area contributed by atoms with Gasteiger partial charge in [-0.05, 0) is 56.0 Å². The average Bonchev–Trinajstić information content (AvgIpc) is 2.52. The van der Waals surface area contributed by atoms with Crippen LogP contribution in [0.15, 0.2) is 24.3 Å². The van der Waals surface area contributed by atoms with Crippen LogP contribution in [0.4, 0.5) is 0 Å². The van der Waals surface area contributed by atoms with Crippen molar-refractivity contribution in [2.45, 2.75) is 73.1 Å². The van der Waals surface area contributed by atoms with Crippen molar-refractivity contribution in [2.75, 3.05) is 20.1 Å². The average molecular weight is 322 g/mol. The Morgan fingerprint density at radius 3 is 2.09 bits per heavy atom. The zero-order chi connectivity index (χ0) is 17.7. The maximum absolute atomic E-state index is 9.26. The quantitative estimate of drug-likeness (QED) is 0.747. The largest absolute Gasteiger partial charge is 0.508 e. The molecule has 1 aromatic carbocycles. The fourth-order valence-electron chi connectivity index (χ4n) is 3.19. The molecule has 0 bridgehead atoms. The predicted octanol–water partition coefficient (Wildman–Crippen LogP) is 5.89. The molecule has 0 radical (unpaired) electrons. The molecule has 1 atom stereocenters. The molecule has 0 saturated carbocycles. The number of phenolic OH excluding ortho intramolecular Hbond substituents is 1. The molecule has 0 amide bonds. The van der Waals surface area contributed by atoms with E-state index in [-0.39, 0.29) is 0 Å². The molecule has 1 aliphatic rings. The summed E-state index contributed by atoms with van der Waals surface area (Å²) in [6.45, 7) is 13.2. The van der Waals surface area contributed by atoms with Crippen molar-refractivity contribution in [1.29, 1.82) is 0 Å². The predicted molar refractivity (Wildman–Crippen MR) is 103 cm³/mol. The number of nitrogens with zero attached hydrogens (tertiary/aromatic N) is 1. The van der Waals surface area contributed by atoms with Crippen LogP contribution in [-0.2, 0) is 6.42 Å². The first-order valence-corrected chi connectivity index (χ1v) is 9.45. The van der Waals surface area contributed by atoms with Gasteiger partial charge in [0.1, 0.15) is 5.75 Å². The van der Waals surface area contributed by atoms with Gasteiger partial charge >= 0.3 is 0 Å². The maximum atomic E-state index is 9.26. The smallest absolute Gasteiger partial charge is 0.115 e. The van der Waals surface area contributed by atoms with Crippen molar-refractivity contribution in [3.8, 4) is 5.75 Å². The van der Waals surface area contributed by atoms with Crippen LogP contribution in [0.25, 0.3) is 0 Å². The highest BCUT2D eigenvalue weighted by atomic mass is 16.3. The van der Waals surface area contributed by atoms with Crippen LogP contribution in [0.1, 0.15) is 72.3 Å². The Labute approximate surface area is 144 Å². The first-order chi connectivity index (χ1) is 11.0. The molecule has 0 spiro atoms. The lowest BCUT2D eigenvalue weighted by molar-refractivity contribution is 0.126. The Balaban J connectivity index is 0.000000594. The van der Waals surface area contributed by atoms with E-state index in [1.165, 1.54) is 50.8 Å². The number of unbranched alkanes of at least 4 members (excludes halogenated alkanes) is 2. The number of likely N-dealkylation sites (tertiary alicyclic amines) is 1. The Kier molecular flexibility index (Phi) is 11.9. The minimum absolute atomic E-state index is 0.356. The number of piperidine rings is 1. The summed E-state index contributed by atoms with van der Waals surface area (Å²) in [4.78, 5) is 2.42. The first-order valence-electron chi connectivity index (χ1n) is 9.45. The lowest BCUT2D eigenvalue weighted by Crippen LogP contribution is -2.40. The zero-order valence-electron chi connectivity index (χ0n) is 16.4. The summed E-state index contributed by atoms with van der Waals surface area (Å²) in [6.07, 6.45) is 7.79. The van der Waals surface area contributed by atoms with Gasteiger partial charge in [-0.15, -0.1) is 0 Å². The Hall–Kier alpha value is -1.02. The first kappa shape index (κ1) is 22.0. The van der Waals surface area contributed by atoms with E-state index in [4.69, 9.17) is 0 Å². The molecule has 23 heavy (non-hydrogen) atoms. The fraction of sp³-hybridized carbons (Fsp3) is 0.714. The Bertz CT molecular complexity index is 385. The normalized spacial score (nSPS) is 20.8. The third-order valence-electron chi connectivity index (χ3n) is 4.25. The second-order valence-electron chi connectivity index (χ2n) is 6.85. The molecule has 2 rings (SSSR count). The van der Waals surface area contributed by atoms with Gasteiger partial charge in [0.2, 0.25) is 0 Å². The molecule has 2 heteroatoms. The second kappa shape index (κ2) is 12.4. The van der Waals surface area contributed by atoms with Crippen molar-refractivity contribution in [1.82, 2.24) is 4.90 Å². The van der Waals surface area contributed by atoms with Crippen LogP contribution < -0.4 is 0 Å². The van der Waals surface area contributed by atoms with Gasteiger partial charge in [0, 0.05) is 6.54 Å². The molecule has 1 heterocycles. The minimum atomic E-state index is 0.356. The summed E-state index contributed by atoms with van der Waals surface area (Å²) in [5, 5.41) is 9.26. The Morgan fingerprint density at radius 1 is 1.09 bits per heavy atom. The summed E-state index contributed by atoms with van der Waals surface area (Å²) < 4.78 is 0. The van der Waals surface area contributed by atoms with Crippen LogP contribution >= 0.6 is 0 Å². The van der Waals surface area contributed by atoms with E-state index in [2.05, 4.69) is 32.7 Å². The fourth-order valence-corrected chi connectivity index (χ4v) is 3.19. The third kappa shape index (κ3) is 9.65. The van der Waals surface area contributed by atoms with Gasteiger partial charge < -0.3 is 10.0 Å². The summed E-state index contributed by atoms with van der Waals surface area (Å²) in [5.41, 5.74) is 1.72. The monoisotopic (exact) mass is 321 g/mol. The number of aromatic hydroxyl groups is 1. The topological polar surface area (TPSA) is 23.5 Å². The molecule has 1 unspecified atom stereocenters. The van der Waals surface area contributed by atoms with Gasteiger partial charge in [0.05, 0.1) is 0 Å². The minimum Gasteiger partial charge on any atom is -0.508 e. The van der Waals surface area contributed by atoms with E-state index < -0.39 is 0 Å². The third-order valence-corrected chi connectivity index (χ3v) is 4.25. The van der Waals surface area contributed by atoms with Gasteiger partial charge in [-0.2, -0.15) is 0 Å². The second-order valence-corrected chi connectivity index (χ2v) is 6.85. The van der Waals surface area contributed by atoms with Crippen molar-refractivity contribution in [3.05, 3.63) is 29.8 Å². The van der Waals surface area contributed by atoms with Crippen molar-refractivity contribution in [3.63, 3.8) is 0 Å². The maximum Gasteiger partial charge on any atom is 0.115 e. The van der Waals surface area contributed by atoms with Gasteiger partial charge in [0.25, 0.3) is 0 Å². The van der Waals surface area contributed by atoms with Gasteiger partial charge in [-0.1, -0.05) is 66.0 Å². The highest BCUT2D eigenvalue weighted by Gasteiger charge is 2.29. The van der Waals surface area contributed by atoms with E-state index in [1.54, 1.807) is 12.1 Å². The molecule has 1 saturated heterocycles. The van der Waals surface area contributed by atoms with Gasteiger partial charge in [-0.25, -0.2) is 0 Å². The number of rotatable bonds is 4. The van der Waals surface area contributed by atoms with E-state index in [9.17, 15) is 5.11 Å². The van der Waals surface area contributed by atoms with Crippen molar-refractivity contribution in [2.24, 2.45) is 5.41 Å². The zero-order valence-corrected chi connectivity index (χ0v) is 16.4. The Morgan fingerprint density at radius 2 is 1.65 bits per heavy atom. The molecule has 0 aliphatic carbocycles. The molecule has 134 valence electrons. The van der Waals surface area contributed by atoms with Gasteiger partial charge in [0.15, 0.2) is 0 Å². The summed E-state index contributed by atoms with van der Waals surface area (Å²) >= 11 is 0. The van der Waals surface area contributed by atoms with E-state index in [0.29, 0.717) is 11.2 Å². The van der Waals surface area contributed by atoms with Crippen LogP contribution in [0, 0.1) is 5.41 Å². The van der Waals surface area contributed by atoms with Crippen LogP contribution in [-0.4, -0.2) is 30.1 Å². The highest BCUT2D eigenvalue weighted by Crippen LogP contribution is 2.32. The van der Waals surface area contributed by atoms with E-state index in [1.807, 2.05) is 26.0 Å². The van der Waals surface area contributed by atoms with Crippen LogP contribution in [0.5, 0.6) is 5.75 Å². The van der Waals surface area contributed by atoms with Crippen molar-refractivity contribution >= 4 is 0 Å². The number of benzene rings is 1. The lowest BCUT2D eigenvalue weighted by atomic mass is 9.77. The van der Waals surface area contributed by atoms with Gasteiger partial charge in [-0.3, -0.25) is 0 Å². The summed E-state index contributed by atoms with van der Waals surface area (Å²) in [5.74, 6) is 0.356. The van der Waals surface area contributed by atoms with Crippen LogP contribution in [0.2, 0.25) is 0 Å². The van der Waals surface area contributed by atoms with E-state index >= 15 is 0 Å². The molecular formula is C21H39NO. The molecular weight excluding hydrogens is 282 g/mol. The molecule has 1 N–H and O–H groups in total. The molecule has 1 aromatic rings. The summed E-state index contributed by atoms with van der Waals surface area (Å²) in [7, 11) is 2.20. The molecule has 2 nitrogen and oxygen atoms in total. The molecule has 1 aliphatic heterocycles. The number of hydrogen-bond acceptors (Lipinski definition) is 2. The lowest BCUT2D eigenvalue weighted by Gasteiger charge is -2.39. The molecule has 0 aromatic heterocycles. The SMILES string of the molecule is CC.CCCCC.CN1CCCC(C)(Cc2ccc(O)cc2)C1. The standard InChI is InChI=1S/C14H21NO.C5H12.C2H6/c1-14(8-3-9-15(2)11-14)10-12-4-6-13(16)7-5-12;1-3-5-4-2;1-2/h4-7,16H,3,8-11H2,1-2H3;3-5H2,1-2H3;1-2H3. The van der Waals surface area contributed by atoms with Crippen molar-refractivity contribution < 1.29 is 5.11 Å². The summed E-state index contributed by atoms with van der Waals surface area (Å²) in [6, 6.07) is 7.64.